The van der Waals surface area contributed by atoms with Crippen LogP contribution in [0.2, 0.25) is 0 Å². The molecule has 2 fully saturated rings. The molecule has 2 saturated heterocycles. The first kappa shape index (κ1) is 20.3. The number of rotatable bonds is 3. The number of carbonyl (C=O) groups is 2. The highest BCUT2D eigenvalue weighted by Crippen LogP contribution is 2.23. The monoisotopic (exact) mass is 412 g/mol. The van der Waals surface area contributed by atoms with Gasteiger partial charge in [-0.05, 0) is 44.7 Å². The quantitative estimate of drug-likeness (QED) is 0.774. The molecule has 2 aliphatic heterocycles. The number of para-hydroxylation sites is 1. The lowest BCUT2D eigenvalue weighted by atomic mass is 9.95. The number of likely N-dealkylation sites (tertiary alicyclic amines) is 2. The summed E-state index contributed by atoms with van der Waals surface area (Å²) in [6.45, 7) is 4.09. The summed E-state index contributed by atoms with van der Waals surface area (Å²) in [5.41, 5.74) is -0.0935. The number of hydrogen-bond donors (Lipinski definition) is 0. The number of carbonyl (C=O) groups excluding carboxylic acids is 2. The van der Waals surface area contributed by atoms with Gasteiger partial charge in [-0.15, -0.1) is 0 Å². The SMILES string of the molecule is Cc1cc(=O)c(C(=O)N2CCC(C(=O)N3CCCC3)CC2)nn1-c1ccccc1F. The van der Waals surface area contributed by atoms with Gasteiger partial charge in [0.15, 0.2) is 5.69 Å². The normalized spacial score (nSPS) is 17.4. The van der Waals surface area contributed by atoms with E-state index in [0.717, 1.165) is 25.9 Å². The Labute approximate surface area is 174 Å². The molecule has 0 aliphatic carbocycles. The van der Waals surface area contributed by atoms with Gasteiger partial charge in [0, 0.05) is 43.9 Å². The van der Waals surface area contributed by atoms with Crippen molar-refractivity contribution in [2.45, 2.75) is 32.6 Å². The van der Waals surface area contributed by atoms with Crippen LogP contribution in [0.3, 0.4) is 0 Å². The predicted molar refractivity (Wildman–Crippen MR) is 109 cm³/mol. The first-order valence-electron chi connectivity index (χ1n) is 10.4. The molecule has 1 aromatic carbocycles. The van der Waals surface area contributed by atoms with Crippen molar-refractivity contribution >= 4 is 11.8 Å². The molecule has 7 nitrogen and oxygen atoms in total. The van der Waals surface area contributed by atoms with E-state index in [9.17, 15) is 18.8 Å². The minimum Gasteiger partial charge on any atom is -0.342 e. The van der Waals surface area contributed by atoms with Gasteiger partial charge in [-0.1, -0.05) is 12.1 Å². The number of amides is 2. The summed E-state index contributed by atoms with van der Waals surface area (Å²) in [4.78, 5) is 41.5. The van der Waals surface area contributed by atoms with Gasteiger partial charge in [-0.2, -0.15) is 5.10 Å². The number of aryl methyl sites for hydroxylation is 1. The Balaban J connectivity index is 1.51. The summed E-state index contributed by atoms with van der Waals surface area (Å²) in [7, 11) is 0. The van der Waals surface area contributed by atoms with Crippen molar-refractivity contribution < 1.29 is 14.0 Å². The van der Waals surface area contributed by atoms with Crippen LogP contribution in [0.1, 0.15) is 41.9 Å². The number of piperidine rings is 1. The zero-order chi connectivity index (χ0) is 21.3. The predicted octanol–water partition coefficient (Wildman–Crippen LogP) is 2.15. The fourth-order valence-corrected chi connectivity index (χ4v) is 4.24. The van der Waals surface area contributed by atoms with Crippen LogP contribution in [0.25, 0.3) is 5.69 Å². The second kappa shape index (κ2) is 8.38. The number of aromatic nitrogens is 2. The third-order valence-corrected chi connectivity index (χ3v) is 5.94. The summed E-state index contributed by atoms with van der Waals surface area (Å²) < 4.78 is 15.5. The van der Waals surface area contributed by atoms with E-state index < -0.39 is 17.2 Å². The zero-order valence-electron chi connectivity index (χ0n) is 17.0. The zero-order valence-corrected chi connectivity index (χ0v) is 17.0. The largest absolute Gasteiger partial charge is 0.342 e. The van der Waals surface area contributed by atoms with Gasteiger partial charge in [0.05, 0.1) is 0 Å². The molecule has 2 amide bonds. The van der Waals surface area contributed by atoms with Crippen molar-refractivity contribution in [3.8, 4) is 5.69 Å². The minimum atomic E-state index is -0.489. The van der Waals surface area contributed by atoms with Gasteiger partial charge in [-0.3, -0.25) is 14.4 Å². The third-order valence-electron chi connectivity index (χ3n) is 5.94. The van der Waals surface area contributed by atoms with Crippen LogP contribution in [0.15, 0.2) is 35.1 Å². The molecule has 1 aromatic heterocycles. The Hall–Kier alpha value is -3.03. The van der Waals surface area contributed by atoms with E-state index in [1.54, 1.807) is 30.0 Å². The highest BCUT2D eigenvalue weighted by atomic mass is 19.1. The fraction of sp³-hybridized carbons (Fsp3) is 0.455. The molecule has 4 rings (SSSR count). The second-order valence-electron chi connectivity index (χ2n) is 7.96. The number of nitrogens with zero attached hydrogens (tertiary/aromatic N) is 4. The average molecular weight is 412 g/mol. The van der Waals surface area contributed by atoms with E-state index in [4.69, 9.17) is 0 Å². The van der Waals surface area contributed by atoms with Gasteiger partial charge in [0.2, 0.25) is 11.3 Å². The summed E-state index contributed by atoms with van der Waals surface area (Å²) in [5, 5.41) is 4.19. The molecule has 0 N–H and O–H groups in total. The Bertz CT molecular complexity index is 1020. The fourth-order valence-electron chi connectivity index (χ4n) is 4.24. The maximum Gasteiger partial charge on any atom is 0.278 e. The van der Waals surface area contributed by atoms with Crippen molar-refractivity contribution in [1.82, 2.24) is 19.6 Å². The van der Waals surface area contributed by atoms with Gasteiger partial charge in [0.25, 0.3) is 5.91 Å². The molecule has 2 aliphatic rings. The standard InChI is InChI=1S/C22H25FN4O3/c1-15-14-19(28)20(24-27(15)18-7-3-2-6-17(18)23)22(30)26-12-8-16(9-13-26)21(29)25-10-4-5-11-25/h2-3,6-7,14,16H,4-5,8-13H2,1H3. The van der Waals surface area contributed by atoms with Crippen molar-refractivity contribution in [3.63, 3.8) is 0 Å². The van der Waals surface area contributed by atoms with Crippen LogP contribution in [0.5, 0.6) is 0 Å². The van der Waals surface area contributed by atoms with Crippen LogP contribution >= 0.6 is 0 Å². The first-order valence-corrected chi connectivity index (χ1v) is 10.4. The lowest BCUT2D eigenvalue weighted by molar-refractivity contribution is -0.135. The molecule has 0 saturated carbocycles. The molecule has 0 spiro atoms. The van der Waals surface area contributed by atoms with Gasteiger partial charge < -0.3 is 9.80 Å². The molecule has 0 radical (unpaired) electrons. The van der Waals surface area contributed by atoms with Crippen molar-refractivity contribution in [1.29, 1.82) is 0 Å². The van der Waals surface area contributed by atoms with E-state index in [1.807, 2.05) is 4.90 Å². The summed E-state index contributed by atoms with van der Waals surface area (Å²) in [6, 6.07) is 7.38. The Morgan fingerprint density at radius 2 is 1.70 bits per heavy atom. The maximum atomic E-state index is 14.2. The molecule has 30 heavy (non-hydrogen) atoms. The maximum absolute atomic E-state index is 14.2. The average Bonchev–Trinajstić information content (AvgIpc) is 3.29. The molecule has 0 unspecified atom stereocenters. The van der Waals surface area contributed by atoms with Gasteiger partial charge in [0.1, 0.15) is 11.5 Å². The number of hydrogen-bond acceptors (Lipinski definition) is 4. The van der Waals surface area contributed by atoms with E-state index >= 15 is 0 Å². The van der Waals surface area contributed by atoms with Gasteiger partial charge >= 0.3 is 0 Å². The van der Waals surface area contributed by atoms with Crippen molar-refractivity contribution in [3.05, 3.63) is 57.8 Å². The molecule has 3 heterocycles. The van der Waals surface area contributed by atoms with Crippen LogP contribution in [0.4, 0.5) is 4.39 Å². The molecular formula is C22H25FN4O3. The topological polar surface area (TPSA) is 75.5 Å². The lowest BCUT2D eigenvalue weighted by Crippen LogP contribution is -2.45. The summed E-state index contributed by atoms with van der Waals surface area (Å²) >= 11 is 0. The van der Waals surface area contributed by atoms with Gasteiger partial charge in [-0.25, -0.2) is 9.07 Å². The Morgan fingerprint density at radius 1 is 1.03 bits per heavy atom. The molecule has 158 valence electrons. The molecular weight excluding hydrogens is 387 g/mol. The molecule has 2 aromatic rings. The van der Waals surface area contributed by atoms with E-state index in [2.05, 4.69) is 5.10 Å². The highest BCUT2D eigenvalue weighted by Gasteiger charge is 2.32. The van der Waals surface area contributed by atoms with E-state index in [-0.39, 0.29) is 23.2 Å². The highest BCUT2D eigenvalue weighted by molar-refractivity contribution is 5.92. The summed E-state index contributed by atoms with van der Waals surface area (Å²) in [5.74, 6) is -0.864. The summed E-state index contributed by atoms with van der Waals surface area (Å²) in [6.07, 6.45) is 3.26. The van der Waals surface area contributed by atoms with Crippen molar-refractivity contribution in [2.24, 2.45) is 5.92 Å². The van der Waals surface area contributed by atoms with Crippen LogP contribution in [-0.2, 0) is 4.79 Å². The van der Waals surface area contributed by atoms with Crippen molar-refractivity contribution in [2.75, 3.05) is 26.2 Å². The smallest absolute Gasteiger partial charge is 0.278 e. The van der Waals surface area contributed by atoms with E-state index in [1.165, 1.54) is 16.8 Å². The Kier molecular flexibility index (Phi) is 5.65. The molecule has 8 heteroatoms. The lowest BCUT2D eigenvalue weighted by Gasteiger charge is -2.33. The van der Waals surface area contributed by atoms with Crippen LogP contribution in [-0.4, -0.2) is 57.6 Å². The number of benzene rings is 1. The van der Waals surface area contributed by atoms with Crippen LogP contribution in [0, 0.1) is 18.7 Å². The second-order valence-corrected chi connectivity index (χ2v) is 7.96. The first-order chi connectivity index (χ1) is 14.5. The van der Waals surface area contributed by atoms with Crippen LogP contribution < -0.4 is 5.43 Å². The molecule has 0 bridgehead atoms. The molecule has 0 atom stereocenters. The minimum absolute atomic E-state index is 0.0757. The Morgan fingerprint density at radius 3 is 2.37 bits per heavy atom. The van der Waals surface area contributed by atoms with E-state index in [0.29, 0.717) is 31.6 Å². The third kappa shape index (κ3) is 3.86. The number of halogens is 1.